The van der Waals surface area contributed by atoms with Crippen molar-refractivity contribution in [1.82, 2.24) is 0 Å². The van der Waals surface area contributed by atoms with Gasteiger partial charge in [0.05, 0.1) is 19.9 Å². The quantitative estimate of drug-likeness (QED) is 0.578. The number of hydrogen-bond donors (Lipinski definition) is 0. The normalized spacial score (nSPS) is 47.6. The molecule has 2 saturated carbocycles. The van der Waals surface area contributed by atoms with E-state index in [4.69, 9.17) is 4.74 Å². The van der Waals surface area contributed by atoms with E-state index in [0.717, 1.165) is 18.9 Å². The van der Waals surface area contributed by atoms with Gasteiger partial charge in [-0.15, -0.1) is 0 Å². The fourth-order valence-corrected chi connectivity index (χ4v) is 6.92. The Bertz CT molecular complexity index is 421. The Balaban J connectivity index is 1.77. The molecule has 0 amide bonds. The van der Waals surface area contributed by atoms with E-state index < -0.39 is 8.07 Å². The summed E-state index contributed by atoms with van der Waals surface area (Å²) in [7, 11) is -1.26. The van der Waals surface area contributed by atoms with Gasteiger partial charge in [0.25, 0.3) is 0 Å². The van der Waals surface area contributed by atoms with Gasteiger partial charge < -0.3 is 4.74 Å². The fraction of sp³-hybridized carbons (Fsp3) is 0.941. The number of carbonyl (C=O) groups excluding carboxylic acids is 1. The van der Waals surface area contributed by atoms with Crippen LogP contribution < -0.4 is 0 Å². The molecule has 3 fully saturated rings. The molecule has 0 radical (unpaired) electrons. The first kappa shape index (κ1) is 14.8. The Kier molecular flexibility index (Phi) is 3.27. The average Bonchev–Trinajstić information content (AvgIpc) is 3.05. The second kappa shape index (κ2) is 4.42. The molecule has 0 aromatic heterocycles. The molecule has 0 N–H and O–H groups in total. The van der Waals surface area contributed by atoms with Gasteiger partial charge in [-0.3, -0.25) is 4.79 Å². The predicted octanol–water partition coefficient (Wildman–Crippen LogP) is 4.05. The van der Waals surface area contributed by atoms with E-state index in [2.05, 4.69) is 33.5 Å². The average molecular weight is 295 g/mol. The zero-order valence-corrected chi connectivity index (χ0v) is 14.8. The fourth-order valence-electron chi connectivity index (χ4n) is 5.11. The Hall–Kier alpha value is -0.153. The first-order valence-electron chi connectivity index (χ1n) is 8.39. The van der Waals surface area contributed by atoms with Crippen LogP contribution in [0.3, 0.4) is 0 Å². The van der Waals surface area contributed by atoms with Gasteiger partial charge in [0.15, 0.2) is 0 Å². The van der Waals surface area contributed by atoms with Crippen molar-refractivity contribution in [2.75, 3.05) is 6.61 Å². The van der Waals surface area contributed by atoms with E-state index in [9.17, 15) is 4.79 Å². The standard InChI is InChI=1S/C17H30O2Si/c1-12-6-7-16(13(2)15(18)10-14(12)16)8-9-17(11-19-17)20(3,4)5/h12-14H,6-11H2,1-5H3. The molecule has 0 bridgehead atoms. The first-order valence-corrected chi connectivity index (χ1v) is 11.9. The van der Waals surface area contributed by atoms with Crippen molar-refractivity contribution in [1.29, 1.82) is 0 Å². The van der Waals surface area contributed by atoms with Crippen LogP contribution in [0.4, 0.5) is 0 Å². The monoisotopic (exact) mass is 294 g/mol. The third-order valence-corrected chi connectivity index (χ3v) is 10.4. The van der Waals surface area contributed by atoms with Crippen molar-refractivity contribution in [2.24, 2.45) is 23.2 Å². The lowest BCUT2D eigenvalue weighted by atomic mass is 9.70. The summed E-state index contributed by atoms with van der Waals surface area (Å²) < 4.78 is 5.93. The Morgan fingerprint density at radius 2 is 1.90 bits per heavy atom. The van der Waals surface area contributed by atoms with Gasteiger partial charge in [-0.2, -0.15) is 0 Å². The zero-order valence-electron chi connectivity index (χ0n) is 13.8. The Morgan fingerprint density at radius 1 is 1.25 bits per heavy atom. The highest BCUT2D eigenvalue weighted by molar-refractivity contribution is 6.79. The molecule has 20 heavy (non-hydrogen) atoms. The van der Waals surface area contributed by atoms with E-state index in [-0.39, 0.29) is 11.1 Å². The maximum absolute atomic E-state index is 12.3. The van der Waals surface area contributed by atoms with E-state index >= 15 is 0 Å². The van der Waals surface area contributed by atoms with Crippen molar-refractivity contribution in [3.63, 3.8) is 0 Å². The number of ether oxygens (including phenoxy) is 1. The summed E-state index contributed by atoms with van der Waals surface area (Å²) in [6.45, 7) is 12.8. The highest BCUT2D eigenvalue weighted by atomic mass is 28.3. The van der Waals surface area contributed by atoms with Gasteiger partial charge >= 0.3 is 0 Å². The molecule has 5 atom stereocenters. The first-order chi connectivity index (χ1) is 9.22. The third-order valence-electron chi connectivity index (χ3n) is 7.11. The molecule has 1 aliphatic heterocycles. The SMILES string of the molecule is CC1CCC2(CCC3([Si](C)(C)C)CO3)C(C)C(=O)CC12. The van der Waals surface area contributed by atoms with Gasteiger partial charge in [0, 0.05) is 12.3 Å². The third kappa shape index (κ3) is 1.96. The van der Waals surface area contributed by atoms with Gasteiger partial charge in [-0.05, 0) is 42.9 Å². The van der Waals surface area contributed by atoms with Crippen LogP contribution in [-0.4, -0.2) is 25.7 Å². The number of carbonyl (C=O) groups is 1. The highest BCUT2D eigenvalue weighted by Gasteiger charge is 2.60. The summed E-state index contributed by atoms with van der Waals surface area (Å²) in [6.07, 6.45) is 5.86. The maximum Gasteiger partial charge on any atom is 0.136 e. The van der Waals surface area contributed by atoms with Gasteiger partial charge in [-0.25, -0.2) is 0 Å². The van der Waals surface area contributed by atoms with Crippen LogP contribution in [0.5, 0.6) is 0 Å². The van der Waals surface area contributed by atoms with Crippen molar-refractivity contribution in [3.8, 4) is 0 Å². The minimum atomic E-state index is -1.26. The van der Waals surface area contributed by atoms with E-state index in [0.29, 0.717) is 17.1 Å². The van der Waals surface area contributed by atoms with E-state index in [1.165, 1.54) is 25.7 Å². The van der Waals surface area contributed by atoms with Gasteiger partial charge in [-0.1, -0.05) is 33.5 Å². The second-order valence-corrected chi connectivity index (χ2v) is 14.2. The minimum absolute atomic E-state index is 0.226. The Labute approximate surface area is 124 Å². The molecule has 3 aliphatic rings. The summed E-state index contributed by atoms with van der Waals surface area (Å²) >= 11 is 0. The summed E-state index contributed by atoms with van der Waals surface area (Å²) in [5.74, 6) is 2.21. The summed E-state index contributed by atoms with van der Waals surface area (Å²) in [6, 6.07) is 0. The van der Waals surface area contributed by atoms with Crippen LogP contribution in [0.25, 0.3) is 0 Å². The molecule has 1 heterocycles. The lowest BCUT2D eigenvalue weighted by Gasteiger charge is -2.37. The number of ketones is 1. The molecular weight excluding hydrogens is 264 g/mol. The molecule has 2 aliphatic carbocycles. The van der Waals surface area contributed by atoms with Crippen LogP contribution >= 0.6 is 0 Å². The largest absolute Gasteiger partial charge is 0.373 e. The highest BCUT2D eigenvalue weighted by Crippen LogP contribution is 2.61. The number of Topliss-reactive ketones (excluding diaryl/α,β-unsaturated/α-hetero) is 1. The van der Waals surface area contributed by atoms with Crippen LogP contribution in [0.15, 0.2) is 0 Å². The Morgan fingerprint density at radius 3 is 2.45 bits per heavy atom. The molecule has 5 unspecified atom stereocenters. The minimum Gasteiger partial charge on any atom is -0.373 e. The summed E-state index contributed by atoms with van der Waals surface area (Å²) in [5, 5.41) is 0.226. The summed E-state index contributed by atoms with van der Waals surface area (Å²) in [5.41, 5.74) is 0.315. The molecular formula is C17H30O2Si. The lowest BCUT2D eigenvalue weighted by molar-refractivity contribution is -0.122. The lowest BCUT2D eigenvalue weighted by Crippen LogP contribution is -2.43. The smallest absolute Gasteiger partial charge is 0.136 e. The van der Waals surface area contributed by atoms with Crippen LogP contribution in [0.1, 0.15) is 46.0 Å². The predicted molar refractivity (Wildman–Crippen MR) is 84.4 cm³/mol. The number of epoxide rings is 1. The number of hydrogen-bond acceptors (Lipinski definition) is 2. The zero-order chi connectivity index (χ0) is 14.8. The summed E-state index contributed by atoms with van der Waals surface area (Å²) in [4.78, 5) is 12.3. The number of rotatable bonds is 4. The van der Waals surface area contributed by atoms with Crippen LogP contribution in [0, 0.1) is 23.2 Å². The van der Waals surface area contributed by atoms with Crippen LogP contribution in [0.2, 0.25) is 19.6 Å². The molecule has 0 spiro atoms. The van der Waals surface area contributed by atoms with Crippen molar-refractivity contribution in [3.05, 3.63) is 0 Å². The van der Waals surface area contributed by atoms with E-state index in [1.54, 1.807) is 0 Å². The van der Waals surface area contributed by atoms with Crippen molar-refractivity contribution >= 4 is 13.9 Å². The second-order valence-electron chi connectivity index (χ2n) is 8.78. The molecule has 3 rings (SSSR count). The molecule has 3 heteroatoms. The molecule has 0 aromatic carbocycles. The molecule has 1 saturated heterocycles. The van der Waals surface area contributed by atoms with Gasteiger partial charge in [0.2, 0.25) is 0 Å². The van der Waals surface area contributed by atoms with Gasteiger partial charge in [0.1, 0.15) is 5.78 Å². The van der Waals surface area contributed by atoms with Crippen molar-refractivity contribution in [2.45, 2.75) is 70.8 Å². The number of fused-ring (bicyclic) bond motifs is 1. The van der Waals surface area contributed by atoms with E-state index in [1.807, 2.05) is 0 Å². The van der Waals surface area contributed by atoms with Crippen LogP contribution in [-0.2, 0) is 9.53 Å². The van der Waals surface area contributed by atoms with Crippen molar-refractivity contribution < 1.29 is 9.53 Å². The topological polar surface area (TPSA) is 29.6 Å². The maximum atomic E-state index is 12.3. The molecule has 2 nitrogen and oxygen atoms in total. The molecule has 0 aromatic rings. The molecule has 114 valence electrons.